The zero-order chi connectivity index (χ0) is 13.7. The number of hydrogen-bond donors (Lipinski definition) is 2. The summed E-state index contributed by atoms with van der Waals surface area (Å²) in [5.74, 6) is -0.0485. The highest BCUT2D eigenvalue weighted by Gasteiger charge is 2.12. The first kappa shape index (κ1) is 14.7. The van der Waals surface area contributed by atoms with Crippen molar-refractivity contribution in [3.63, 3.8) is 0 Å². The first-order valence-electron chi connectivity index (χ1n) is 6.17. The van der Waals surface area contributed by atoms with E-state index in [0.29, 0.717) is 18.2 Å². The Kier molecular flexibility index (Phi) is 5.31. The molecule has 4 nitrogen and oxygen atoms in total. The predicted molar refractivity (Wildman–Crippen MR) is 74.8 cm³/mol. The summed E-state index contributed by atoms with van der Waals surface area (Å²) in [6, 6.07) is 6.14. The number of likely N-dealkylation sites (N-methyl/N-ethyl adjacent to an activating group) is 1. The van der Waals surface area contributed by atoms with Crippen LogP contribution in [0, 0.1) is 6.92 Å². The SMILES string of the molecule is CNC(=O)c1ccc(C[C@@H](CN)N(C)C)c(C)c1. The van der Waals surface area contributed by atoms with Crippen LogP contribution in [0.3, 0.4) is 0 Å². The fourth-order valence-electron chi connectivity index (χ4n) is 1.94. The summed E-state index contributed by atoms with van der Waals surface area (Å²) in [5, 5.41) is 2.63. The van der Waals surface area contributed by atoms with Gasteiger partial charge in [0.05, 0.1) is 0 Å². The molecule has 100 valence electrons. The average Bonchev–Trinajstić information content (AvgIpc) is 2.35. The smallest absolute Gasteiger partial charge is 0.251 e. The van der Waals surface area contributed by atoms with E-state index in [0.717, 1.165) is 12.0 Å². The highest BCUT2D eigenvalue weighted by atomic mass is 16.1. The van der Waals surface area contributed by atoms with Crippen LogP contribution in [-0.2, 0) is 6.42 Å². The lowest BCUT2D eigenvalue weighted by atomic mass is 9.98. The Morgan fingerprint density at radius 3 is 2.56 bits per heavy atom. The Hall–Kier alpha value is -1.39. The van der Waals surface area contributed by atoms with Crippen molar-refractivity contribution in [2.75, 3.05) is 27.7 Å². The molecule has 0 aliphatic heterocycles. The van der Waals surface area contributed by atoms with E-state index in [1.165, 1.54) is 5.56 Å². The van der Waals surface area contributed by atoms with E-state index in [2.05, 4.69) is 10.2 Å². The van der Waals surface area contributed by atoms with Gasteiger partial charge < -0.3 is 16.0 Å². The molecule has 0 aliphatic carbocycles. The van der Waals surface area contributed by atoms with Crippen molar-refractivity contribution in [1.82, 2.24) is 10.2 Å². The van der Waals surface area contributed by atoms with Crippen molar-refractivity contribution in [2.24, 2.45) is 5.73 Å². The highest BCUT2D eigenvalue weighted by Crippen LogP contribution is 2.14. The lowest BCUT2D eigenvalue weighted by Crippen LogP contribution is -2.37. The fourth-order valence-corrected chi connectivity index (χ4v) is 1.94. The van der Waals surface area contributed by atoms with Crippen molar-refractivity contribution < 1.29 is 4.79 Å². The molecule has 18 heavy (non-hydrogen) atoms. The van der Waals surface area contributed by atoms with Gasteiger partial charge in [0.15, 0.2) is 0 Å². The summed E-state index contributed by atoms with van der Waals surface area (Å²) in [6.45, 7) is 2.66. The molecule has 0 fully saturated rings. The lowest BCUT2D eigenvalue weighted by molar-refractivity contribution is 0.0963. The van der Waals surface area contributed by atoms with Gasteiger partial charge in [0, 0.05) is 25.2 Å². The Bertz CT molecular complexity index is 416. The minimum Gasteiger partial charge on any atom is -0.355 e. The summed E-state index contributed by atoms with van der Waals surface area (Å²) in [4.78, 5) is 13.7. The van der Waals surface area contributed by atoms with Crippen molar-refractivity contribution in [3.05, 3.63) is 34.9 Å². The molecule has 1 atom stereocenters. The van der Waals surface area contributed by atoms with Crippen LogP contribution in [0.25, 0.3) is 0 Å². The molecule has 0 heterocycles. The molecule has 3 N–H and O–H groups in total. The van der Waals surface area contributed by atoms with Gasteiger partial charge in [-0.05, 0) is 50.7 Å². The van der Waals surface area contributed by atoms with E-state index >= 15 is 0 Å². The molecule has 1 aromatic carbocycles. The minimum absolute atomic E-state index is 0.0485. The van der Waals surface area contributed by atoms with Crippen molar-refractivity contribution in [3.8, 4) is 0 Å². The molecular formula is C14H23N3O. The zero-order valence-electron chi connectivity index (χ0n) is 11.7. The van der Waals surface area contributed by atoms with Gasteiger partial charge in [0.25, 0.3) is 5.91 Å². The summed E-state index contributed by atoms with van der Waals surface area (Å²) in [5.41, 5.74) is 8.85. The second kappa shape index (κ2) is 6.52. The van der Waals surface area contributed by atoms with Crippen LogP contribution in [0.4, 0.5) is 0 Å². The monoisotopic (exact) mass is 249 g/mol. The van der Waals surface area contributed by atoms with Crippen LogP contribution in [0.2, 0.25) is 0 Å². The van der Waals surface area contributed by atoms with Gasteiger partial charge in [-0.3, -0.25) is 4.79 Å². The van der Waals surface area contributed by atoms with Crippen LogP contribution in [0.1, 0.15) is 21.5 Å². The maximum Gasteiger partial charge on any atom is 0.251 e. The summed E-state index contributed by atoms with van der Waals surface area (Å²) in [7, 11) is 5.71. The molecule has 0 unspecified atom stereocenters. The van der Waals surface area contributed by atoms with Crippen LogP contribution in [0.5, 0.6) is 0 Å². The van der Waals surface area contributed by atoms with Crippen molar-refractivity contribution >= 4 is 5.91 Å². The number of amides is 1. The molecule has 4 heteroatoms. The topological polar surface area (TPSA) is 58.4 Å². The quantitative estimate of drug-likeness (QED) is 0.811. The second-order valence-electron chi connectivity index (χ2n) is 4.78. The number of carbonyl (C=O) groups is 1. The van der Waals surface area contributed by atoms with Gasteiger partial charge in [0.1, 0.15) is 0 Å². The average molecular weight is 249 g/mol. The van der Waals surface area contributed by atoms with E-state index in [-0.39, 0.29) is 5.91 Å². The van der Waals surface area contributed by atoms with E-state index in [4.69, 9.17) is 5.73 Å². The van der Waals surface area contributed by atoms with Gasteiger partial charge >= 0.3 is 0 Å². The van der Waals surface area contributed by atoms with Crippen LogP contribution >= 0.6 is 0 Å². The molecule has 1 rings (SSSR count). The third kappa shape index (κ3) is 3.55. The Morgan fingerprint density at radius 2 is 2.11 bits per heavy atom. The van der Waals surface area contributed by atoms with E-state index in [1.54, 1.807) is 7.05 Å². The molecule has 0 aromatic heterocycles. The molecule has 0 spiro atoms. The zero-order valence-corrected chi connectivity index (χ0v) is 11.7. The summed E-state index contributed by atoms with van der Waals surface area (Å²) >= 11 is 0. The van der Waals surface area contributed by atoms with Gasteiger partial charge in [-0.2, -0.15) is 0 Å². The van der Waals surface area contributed by atoms with Gasteiger partial charge in [0.2, 0.25) is 0 Å². The molecule has 0 bridgehead atoms. The van der Waals surface area contributed by atoms with E-state index in [9.17, 15) is 4.79 Å². The normalized spacial score (nSPS) is 12.6. The predicted octanol–water partition coefficient (Wildman–Crippen LogP) is 0.786. The maximum atomic E-state index is 11.5. The number of nitrogens with one attached hydrogen (secondary N) is 1. The third-order valence-electron chi connectivity index (χ3n) is 3.29. The largest absolute Gasteiger partial charge is 0.355 e. The number of nitrogens with zero attached hydrogens (tertiary/aromatic N) is 1. The highest BCUT2D eigenvalue weighted by molar-refractivity contribution is 5.94. The third-order valence-corrected chi connectivity index (χ3v) is 3.29. The molecule has 1 aromatic rings. The van der Waals surface area contributed by atoms with Gasteiger partial charge in [-0.15, -0.1) is 0 Å². The van der Waals surface area contributed by atoms with Gasteiger partial charge in [-0.25, -0.2) is 0 Å². The fraction of sp³-hybridized carbons (Fsp3) is 0.500. The van der Waals surface area contributed by atoms with Crippen LogP contribution in [-0.4, -0.2) is 44.5 Å². The van der Waals surface area contributed by atoms with E-state index in [1.807, 2.05) is 39.2 Å². The Morgan fingerprint density at radius 1 is 1.44 bits per heavy atom. The number of rotatable bonds is 5. The Labute approximate surface area is 109 Å². The summed E-state index contributed by atoms with van der Waals surface area (Å²) in [6.07, 6.45) is 0.906. The van der Waals surface area contributed by atoms with E-state index < -0.39 is 0 Å². The van der Waals surface area contributed by atoms with Crippen molar-refractivity contribution in [2.45, 2.75) is 19.4 Å². The number of hydrogen-bond acceptors (Lipinski definition) is 3. The molecule has 0 saturated heterocycles. The maximum absolute atomic E-state index is 11.5. The summed E-state index contributed by atoms with van der Waals surface area (Å²) < 4.78 is 0. The standard InChI is InChI=1S/C14H23N3O/c1-10-7-12(14(18)16-2)6-5-11(10)8-13(9-15)17(3)4/h5-7,13H,8-9,15H2,1-4H3,(H,16,18)/t13-/m0/s1. The number of aryl methyl sites for hydroxylation is 1. The lowest BCUT2D eigenvalue weighted by Gasteiger charge is -2.23. The first-order chi connectivity index (χ1) is 8.49. The first-order valence-corrected chi connectivity index (χ1v) is 6.17. The van der Waals surface area contributed by atoms with Crippen molar-refractivity contribution in [1.29, 1.82) is 0 Å². The van der Waals surface area contributed by atoms with Crippen LogP contribution < -0.4 is 11.1 Å². The number of carbonyl (C=O) groups excluding carboxylic acids is 1. The molecule has 0 saturated carbocycles. The Balaban J connectivity index is 2.89. The molecule has 1 amide bonds. The second-order valence-corrected chi connectivity index (χ2v) is 4.78. The molecular weight excluding hydrogens is 226 g/mol. The minimum atomic E-state index is -0.0485. The number of nitrogens with two attached hydrogens (primary N) is 1. The molecule has 0 radical (unpaired) electrons. The molecule has 0 aliphatic rings. The van der Waals surface area contributed by atoms with Crippen LogP contribution in [0.15, 0.2) is 18.2 Å². The number of benzene rings is 1. The van der Waals surface area contributed by atoms with Gasteiger partial charge in [-0.1, -0.05) is 6.07 Å².